The van der Waals surface area contributed by atoms with Crippen molar-refractivity contribution >= 4 is 40.0 Å². The third kappa shape index (κ3) is 4.96. The number of amides is 3. The molecule has 1 aromatic heterocycles. The normalized spacial score (nSPS) is 12.6. The number of rotatable bonds is 9. The number of hydrogen-bond donors (Lipinski definition) is 1. The highest BCUT2D eigenvalue weighted by Gasteiger charge is 2.34. The van der Waals surface area contributed by atoms with Crippen molar-refractivity contribution in [3.05, 3.63) is 70.2 Å². The van der Waals surface area contributed by atoms with Crippen LogP contribution in [0.4, 0.5) is 5.13 Å². The summed E-state index contributed by atoms with van der Waals surface area (Å²) in [4.78, 5) is 50.5. The summed E-state index contributed by atoms with van der Waals surface area (Å²) in [6, 6.07) is 13.4. The molecule has 0 aliphatic carbocycles. The maximum Gasteiger partial charge on any atom is 0.261 e. The number of ketones is 1. The van der Waals surface area contributed by atoms with Crippen LogP contribution < -0.4 is 10.1 Å². The Bertz CT molecular complexity index is 1190. The van der Waals surface area contributed by atoms with Crippen molar-refractivity contribution in [1.82, 2.24) is 15.1 Å². The molecular formula is C23H20N4O5S. The fraction of sp³-hybridized carbons (Fsp3) is 0.217. The Morgan fingerprint density at radius 1 is 0.970 bits per heavy atom. The maximum absolute atomic E-state index is 12.4. The fourth-order valence-electron chi connectivity index (χ4n) is 3.38. The van der Waals surface area contributed by atoms with Gasteiger partial charge < -0.3 is 10.1 Å². The quantitative estimate of drug-likeness (QED) is 0.382. The number of ether oxygens (including phenoxy) is 1. The number of nitrogens with zero attached hydrogens (tertiary/aromatic N) is 3. The summed E-state index contributed by atoms with van der Waals surface area (Å²) in [7, 11) is 1.55. The molecule has 168 valence electrons. The van der Waals surface area contributed by atoms with E-state index in [0.29, 0.717) is 39.0 Å². The predicted octanol–water partition coefficient (Wildman–Crippen LogP) is 2.99. The molecule has 0 spiro atoms. The minimum Gasteiger partial charge on any atom is -0.497 e. The highest BCUT2D eigenvalue weighted by molar-refractivity contribution is 7.15. The van der Waals surface area contributed by atoms with E-state index in [2.05, 4.69) is 15.5 Å². The second-order valence-corrected chi connectivity index (χ2v) is 8.32. The largest absolute Gasteiger partial charge is 0.497 e. The van der Waals surface area contributed by atoms with Gasteiger partial charge in [-0.3, -0.25) is 24.1 Å². The highest BCUT2D eigenvalue weighted by Crippen LogP contribution is 2.23. The van der Waals surface area contributed by atoms with Crippen LogP contribution in [0, 0.1) is 0 Å². The minimum atomic E-state index is -0.347. The molecular weight excluding hydrogens is 444 g/mol. The number of Topliss-reactive ketones (excluding diaryl/α,β-unsaturated/α-hetero) is 1. The summed E-state index contributed by atoms with van der Waals surface area (Å²) in [6.45, 7) is 0.172. The molecule has 0 saturated carbocycles. The standard InChI is InChI=1S/C23H20N4O5S/c1-32-15-8-6-14(7-9-15)18(28)10-11-19(29)24-23-26-25-20(33-23)12-13-27-21(30)16-4-2-3-5-17(16)22(27)31/h2-9H,10-13H2,1H3,(H,24,26,29). The Morgan fingerprint density at radius 2 is 1.64 bits per heavy atom. The van der Waals surface area contributed by atoms with Gasteiger partial charge in [-0.25, -0.2) is 0 Å². The molecule has 1 aliphatic heterocycles. The molecule has 9 nitrogen and oxygen atoms in total. The lowest BCUT2D eigenvalue weighted by molar-refractivity contribution is -0.116. The van der Waals surface area contributed by atoms with Crippen molar-refractivity contribution in [3.63, 3.8) is 0 Å². The van der Waals surface area contributed by atoms with Crippen molar-refractivity contribution in [2.24, 2.45) is 0 Å². The maximum atomic E-state index is 12.4. The van der Waals surface area contributed by atoms with Gasteiger partial charge >= 0.3 is 0 Å². The average Bonchev–Trinajstić information content (AvgIpc) is 3.38. The molecule has 0 atom stereocenters. The van der Waals surface area contributed by atoms with E-state index in [1.54, 1.807) is 55.6 Å². The Morgan fingerprint density at radius 3 is 2.27 bits per heavy atom. The first-order valence-electron chi connectivity index (χ1n) is 10.2. The molecule has 3 aromatic rings. The summed E-state index contributed by atoms with van der Waals surface area (Å²) >= 11 is 1.16. The minimum absolute atomic E-state index is 0.00875. The first-order valence-corrected chi connectivity index (χ1v) is 11.0. The lowest BCUT2D eigenvalue weighted by atomic mass is 10.1. The van der Waals surface area contributed by atoms with Crippen LogP contribution >= 0.6 is 11.3 Å². The molecule has 10 heteroatoms. The van der Waals surface area contributed by atoms with Gasteiger partial charge in [-0.2, -0.15) is 0 Å². The van der Waals surface area contributed by atoms with Crippen LogP contribution in [0.3, 0.4) is 0 Å². The number of anilines is 1. The van der Waals surface area contributed by atoms with Crippen molar-refractivity contribution in [1.29, 1.82) is 0 Å². The molecule has 1 N–H and O–H groups in total. The number of benzene rings is 2. The SMILES string of the molecule is COc1ccc(C(=O)CCC(=O)Nc2nnc(CCN3C(=O)c4ccccc4C3=O)s2)cc1. The Kier molecular flexibility index (Phi) is 6.55. The first-order chi connectivity index (χ1) is 16.0. The summed E-state index contributed by atoms with van der Waals surface area (Å²) in [6.07, 6.45) is 0.396. The van der Waals surface area contributed by atoms with Gasteiger partial charge in [-0.1, -0.05) is 23.5 Å². The van der Waals surface area contributed by atoms with Gasteiger partial charge in [0.15, 0.2) is 5.78 Å². The summed E-state index contributed by atoms with van der Waals surface area (Å²) in [5, 5.41) is 11.5. The van der Waals surface area contributed by atoms with Crippen molar-refractivity contribution < 1.29 is 23.9 Å². The number of carbonyl (C=O) groups is 4. The van der Waals surface area contributed by atoms with E-state index in [1.807, 2.05) is 0 Å². The molecule has 2 aromatic carbocycles. The van der Waals surface area contributed by atoms with Gasteiger partial charge in [-0.15, -0.1) is 10.2 Å². The molecule has 3 amide bonds. The van der Waals surface area contributed by atoms with E-state index >= 15 is 0 Å². The van der Waals surface area contributed by atoms with Gasteiger partial charge in [0.05, 0.1) is 18.2 Å². The van der Waals surface area contributed by atoms with E-state index in [4.69, 9.17) is 4.74 Å². The number of methoxy groups -OCH3 is 1. The summed E-state index contributed by atoms with van der Waals surface area (Å²) in [5.74, 6) is -0.490. The molecule has 2 heterocycles. The average molecular weight is 465 g/mol. The Hall–Kier alpha value is -3.92. The van der Waals surface area contributed by atoms with Crippen LogP contribution in [-0.4, -0.2) is 52.3 Å². The van der Waals surface area contributed by atoms with Crippen LogP contribution in [0.25, 0.3) is 0 Å². The Labute approximate surface area is 193 Å². The number of hydrogen-bond acceptors (Lipinski definition) is 8. The van der Waals surface area contributed by atoms with Gasteiger partial charge in [0.25, 0.3) is 11.8 Å². The monoisotopic (exact) mass is 464 g/mol. The van der Waals surface area contributed by atoms with E-state index < -0.39 is 0 Å². The predicted molar refractivity (Wildman–Crippen MR) is 121 cm³/mol. The van der Waals surface area contributed by atoms with E-state index in [9.17, 15) is 19.2 Å². The third-order valence-electron chi connectivity index (χ3n) is 5.13. The smallest absolute Gasteiger partial charge is 0.261 e. The zero-order valence-corrected chi connectivity index (χ0v) is 18.6. The molecule has 0 bridgehead atoms. The molecule has 4 rings (SSSR count). The molecule has 0 radical (unpaired) electrons. The first kappa shape index (κ1) is 22.3. The zero-order valence-electron chi connectivity index (χ0n) is 17.7. The molecule has 0 fully saturated rings. The molecule has 33 heavy (non-hydrogen) atoms. The van der Waals surface area contributed by atoms with Crippen LogP contribution in [0.15, 0.2) is 48.5 Å². The van der Waals surface area contributed by atoms with E-state index in [0.717, 1.165) is 11.3 Å². The zero-order chi connectivity index (χ0) is 23.4. The molecule has 0 saturated heterocycles. The van der Waals surface area contributed by atoms with Crippen molar-refractivity contribution in [3.8, 4) is 5.75 Å². The van der Waals surface area contributed by atoms with Crippen molar-refractivity contribution in [2.45, 2.75) is 19.3 Å². The van der Waals surface area contributed by atoms with Crippen LogP contribution in [0.1, 0.15) is 48.9 Å². The van der Waals surface area contributed by atoms with Gasteiger partial charge in [0.2, 0.25) is 11.0 Å². The van der Waals surface area contributed by atoms with E-state index in [1.165, 1.54) is 4.90 Å². The van der Waals surface area contributed by atoms with Crippen LogP contribution in [0.5, 0.6) is 5.75 Å². The highest BCUT2D eigenvalue weighted by atomic mass is 32.1. The second kappa shape index (κ2) is 9.70. The fourth-order valence-corrected chi connectivity index (χ4v) is 4.13. The number of aromatic nitrogens is 2. The number of carbonyl (C=O) groups excluding carboxylic acids is 4. The summed E-state index contributed by atoms with van der Waals surface area (Å²) < 4.78 is 5.06. The third-order valence-corrected chi connectivity index (χ3v) is 6.03. The lowest BCUT2D eigenvalue weighted by Crippen LogP contribution is -2.31. The number of nitrogens with one attached hydrogen (secondary N) is 1. The van der Waals surface area contributed by atoms with Gasteiger partial charge in [0, 0.05) is 31.4 Å². The summed E-state index contributed by atoms with van der Waals surface area (Å²) in [5.41, 5.74) is 1.31. The van der Waals surface area contributed by atoms with Crippen molar-refractivity contribution in [2.75, 3.05) is 19.0 Å². The molecule has 0 unspecified atom stereocenters. The number of fused-ring (bicyclic) bond motifs is 1. The number of imide groups is 1. The van der Waals surface area contributed by atoms with Crippen LogP contribution in [0.2, 0.25) is 0 Å². The Balaban J connectivity index is 1.25. The topological polar surface area (TPSA) is 119 Å². The lowest BCUT2D eigenvalue weighted by Gasteiger charge is -2.12. The second-order valence-electron chi connectivity index (χ2n) is 7.26. The van der Waals surface area contributed by atoms with Gasteiger partial charge in [0.1, 0.15) is 10.8 Å². The van der Waals surface area contributed by atoms with Gasteiger partial charge in [-0.05, 0) is 36.4 Å². The molecule has 1 aliphatic rings. The van der Waals surface area contributed by atoms with Crippen LogP contribution in [-0.2, 0) is 11.2 Å². The van der Waals surface area contributed by atoms with E-state index in [-0.39, 0.29) is 42.9 Å².